The van der Waals surface area contributed by atoms with Gasteiger partial charge < -0.3 is 14.8 Å². The number of nitrogens with one attached hydrogen (secondary N) is 1. The molecule has 26 heavy (non-hydrogen) atoms. The zero-order chi connectivity index (χ0) is 19.1. The molecule has 0 unspecified atom stereocenters. The van der Waals surface area contributed by atoms with Crippen LogP contribution in [0, 0.1) is 13.8 Å². The first-order chi connectivity index (χ1) is 12.4. The average Bonchev–Trinajstić information content (AvgIpc) is 2.66. The molecule has 0 spiro atoms. The molecule has 2 aromatic rings. The minimum atomic E-state index is -0.524. The number of rotatable bonds is 6. The summed E-state index contributed by atoms with van der Waals surface area (Å²) in [5.74, 6) is -1.34. The van der Waals surface area contributed by atoms with Crippen molar-refractivity contribution in [2.75, 3.05) is 13.7 Å². The highest BCUT2D eigenvalue weighted by Crippen LogP contribution is 2.13. The number of esters is 2. The Morgan fingerprint density at radius 2 is 1.65 bits per heavy atom. The van der Waals surface area contributed by atoms with Crippen LogP contribution in [0.15, 0.2) is 42.5 Å². The van der Waals surface area contributed by atoms with Crippen molar-refractivity contribution in [1.29, 1.82) is 0 Å². The Hall–Kier alpha value is -3.15. The number of carbonyl (C=O) groups excluding carboxylic acids is 3. The van der Waals surface area contributed by atoms with E-state index in [4.69, 9.17) is 4.74 Å². The Kier molecular flexibility index (Phi) is 6.49. The minimum Gasteiger partial charge on any atom is -0.465 e. The molecule has 0 radical (unpaired) electrons. The quantitative estimate of drug-likeness (QED) is 0.806. The number of aryl methyl sites for hydroxylation is 1. The fraction of sp³-hybridized carbons (Fsp3) is 0.250. The van der Waals surface area contributed by atoms with Gasteiger partial charge in [-0.1, -0.05) is 24.3 Å². The van der Waals surface area contributed by atoms with Crippen LogP contribution in [-0.4, -0.2) is 31.6 Å². The molecular formula is C20H21NO5. The Labute approximate surface area is 152 Å². The molecule has 1 N–H and O–H groups in total. The van der Waals surface area contributed by atoms with Gasteiger partial charge in [-0.05, 0) is 48.7 Å². The van der Waals surface area contributed by atoms with E-state index in [-0.39, 0.29) is 13.2 Å². The Balaban J connectivity index is 1.82. The first kappa shape index (κ1) is 19.2. The number of benzene rings is 2. The summed E-state index contributed by atoms with van der Waals surface area (Å²) in [6.45, 7) is 3.65. The number of methoxy groups -OCH3 is 1. The molecule has 0 heterocycles. The predicted octanol–water partition coefficient (Wildman–Crippen LogP) is 2.56. The highest BCUT2D eigenvalue weighted by molar-refractivity contribution is 5.93. The molecule has 0 saturated carbocycles. The first-order valence-electron chi connectivity index (χ1n) is 8.09. The van der Waals surface area contributed by atoms with Crippen LogP contribution in [0.25, 0.3) is 0 Å². The van der Waals surface area contributed by atoms with E-state index in [1.165, 1.54) is 7.11 Å². The number of hydrogen-bond acceptors (Lipinski definition) is 5. The molecule has 0 fully saturated rings. The number of ether oxygens (including phenoxy) is 2. The second-order valence-electron chi connectivity index (χ2n) is 5.79. The fourth-order valence-electron chi connectivity index (χ4n) is 2.31. The van der Waals surface area contributed by atoms with Gasteiger partial charge in [0, 0.05) is 6.54 Å². The molecule has 6 heteroatoms. The van der Waals surface area contributed by atoms with Crippen LogP contribution in [-0.2, 0) is 20.8 Å². The Morgan fingerprint density at radius 3 is 2.31 bits per heavy atom. The normalized spacial score (nSPS) is 10.1. The van der Waals surface area contributed by atoms with Crippen LogP contribution in [0.5, 0.6) is 0 Å². The summed E-state index contributed by atoms with van der Waals surface area (Å²) in [7, 11) is 1.32. The van der Waals surface area contributed by atoms with Crippen LogP contribution in [0.2, 0.25) is 0 Å². The highest BCUT2D eigenvalue weighted by atomic mass is 16.5. The van der Waals surface area contributed by atoms with Crippen molar-refractivity contribution in [3.63, 3.8) is 0 Å². The highest BCUT2D eigenvalue weighted by Gasteiger charge is 2.13. The zero-order valence-electron chi connectivity index (χ0n) is 15.0. The lowest BCUT2D eigenvalue weighted by molar-refractivity contribution is -0.124. The largest absolute Gasteiger partial charge is 0.465 e. The van der Waals surface area contributed by atoms with Gasteiger partial charge in [0.15, 0.2) is 6.61 Å². The first-order valence-corrected chi connectivity index (χ1v) is 8.09. The molecule has 0 atom stereocenters. The molecule has 0 aliphatic heterocycles. The van der Waals surface area contributed by atoms with Crippen LogP contribution in [0.1, 0.15) is 37.4 Å². The maximum absolute atomic E-state index is 12.1. The van der Waals surface area contributed by atoms with Gasteiger partial charge in [0.1, 0.15) is 0 Å². The third-order valence-corrected chi connectivity index (χ3v) is 4.02. The van der Waals surface area contributed by atoms with Gasteiger partial charge in [-0.25, -0.2) is 9.59 Å². The molecule has 2 aromatic carbocycles. The Morgan fingerprint density at radius 1 is 0.962 bits per heavy atom. The van der Waals surface area contributed by atoms with E-state index >= 15 is 0 Å². The van der Waals surface area contributed by atoms with E-state index < -0.39 is 17.8 Å². The molecule has 0 aliphatic rings. The summed E-state index contributed by atoms with van der Waals surface area (Å²) in [5.41, 5.74) is 3.52. The monoisotopic (exact) mass is 355 g/mol. The van der Waals surface area contributed by atoms with Gasteiger partial charge in [0.25, 0.3) is 5.91 Å². The van der Waals surface area contributed by atoms with Gasteiger partial charge in [-0.2, -0.15) is 0 Å². The fourth-order valence-corrected chi connectivity index (χ4v) is 2.31. The molecular weight excluding hydrogens is 334 g/mol. The lowest BCUT2D eigenvalue weighted by atomic mass is 10.0. The third kappa shape index (κ3) is 4.92. The second-order valence-corrected chi connectivity index (χ2v) is 5.79. The van der Waals surface area contributed by atoms with E-state index in [0.717, 1.165) is 16.7 Å². The van der Waals surface area contributed by atoms with Crippen LogP contribution < -0.4 is 5.32 Å². The molecule has 2 rings (SSSR count). The van der Waals surface area contributed by atoms with Crippen LogP contribution in [0.4, 0.5) is 0 Å². The lowest BCUT2D eigenvalue weighted by Gasteiger charge is -2.09. The van der Waals surface area contributed by atoms with Crippen molar-refractivity contribution in [3.05, 3.63) is 70.3 Å². The summed E-state index contributed by atoms with van der Waals surface area (Å²) in [6.07, 6.45) is 0. The minimum absolute atomic E-state index is 0.265. The summed E-state index contributed by atoms with van der Waals surface area (Å²) >= 11 is 0. The van der Waals surface area contributed by atoms with Gasteiger partial charge in [0.05, 0.1) is 18.2 Å². The van der Waals surface area contributed by atoms with Crippen molar-refractivity contribution in [3.8, 4) is 0 Å². The van der Waals surface area contributed by atoms with Gasteiger partial charge >= 0.3 is 11.9 Å². The summed E-state index contributed by atoms with van der Waals surface area (Å²) in [5, 5.41) is 2.66. The number of carbonyl (C=O) groups is 3. The molecule has 0 aliphatic carbocycles. The van der Waals surface area contributed by atoms with E-state index in [1.807, 2.05) is 19.9 Å². The number of hydrogen-bond donors (Lipinski definition) is 1. The van der Waals surface area contributed by atoms with Crippen molar-refractivity contribution in [1.82, 2.24) is 5.32 Å². The third-order valence-electron chi connectivity index (χ3n) is 4.02. The van der Waals surface area contributed by atoms with Gasteiger partial charge in [-0.15, -0.1) is 0 Å². The maximum Gasteiger partial charge on any atom is 0.338 e. The van der Waals surface area contributed by atoms with Crippen LogP contribution in [0.3, 0.4) is 0 Å². The SMILES string of the molecule is COC(=O)c1ccc(CNC(=O)COC(=O)c2cccc(C)c2C)cc1. The van der Waals surface area contributed by atoms with E-state index in [1.54, 1.807) is 36.4 Å². The lowest BCUT2D eigenvalue weighted by Crippen LogP contribution is -2.28. The zero-order valence-corrected chi connectivity index (χ0v) is 15.0. The molecule has 1 amide bonds. The predicted molar refractivity (Wildman–Crippen MR) is 95.8 cm³/mol. The Bertz CT molecular complexity index is 811. The number of amides is 1. The van der Waals surface area contributed by atoms with Crippen LogP contribution >= 0.6 is 0 Å². The molecule has 136 valence electrons. The topological polar surface area (TPSA) is 81.7 Å². The van der Waals surface area contributed by atoms with Gasteiger partial charge in [0.2, 0.25) is 0 Å². The standard InChI is InChI=1S/C20H21NO5/c1-13-5-4-6-17(14(13)2)20(24)26-12-18(22)21-11-15-7-9-16(10-8-15)19(23)25-3/h4-10H,11-12H2,1-3H3,(H,21,22). The van der Waals surface area contributed by atoms with Crippen molar-refractivity contribution in [2.24, 2.45) is 0 Å². The second kappa shape index (κ2) is 8.80. The van der Waals surface area contributed by atoms with E-state index in [2.05, 4.69) is 10.1 Å². The van der Waals surface area contributed by atoms with E-state index in [9.17, 15) is 14.4 Å². The summed E-state index contributed by atoms with van der Waals surface area (Å²) in [6, 6.07) is 12.0. The molecule has 0 saturated heterocycles. The molecule has 6 nitrogen and oxygen atoms in total. The summed E-state index contributed by atoms with van der Waals surface area (Å²) in [4.78, 5) is 35.3. The smallest absolute Gasteiger partial charge is 0.338 e. The molecule has 0 bridgehead atoms. The molecule has 0 aromatic heterocycles. The average molecular weight is 355 g/mol. The summed E-state index contributed by atoms with van der Waals surface area (Å²) < 4.78 is 9.69. The van der Waals surface area contributed by atoms with Crippen molar-refractivity contribution < 1.29 is 23.9 Å². The van der Waals surface area contributed by atoms with E-state index in [0.29, 0.717) is 11.1 Å². The van der Waals surface area contributed by atoms with Gasteiger partial charge in [-0.3, -0.25) is 4.79 Å². The van der Waals surface area contributed by atoms with Crippen molar-refractivity contribution in [2.45, 2.75) is 20.4 Å². The van der Waals surface area contributed by atoms with Crippen molar-refractivity contribution >= 4 is 17.8 Å². The maximum atomic E-state index is 12.1.